The normalized spacial score (nSPS) is 14.7. The van der Waals surface area contributed by atoms with Gasteiger partial charge >= 0.3 is 0 Å². The molecule has 1 aliphatic heterocycles. The lowest BCUT2D eigenvalue weighted by Crippen LogP contribution is -2.38. The second-order valence-corrected chi connectivity index (χ2v) is 9.65. The van der Waals surface area contributed by atoms with Crippen molar-refractivity contribution in [1.29, 1.82) is 0 Å². The van der Waals surface area contributed by atoms with Gasteiger partial charge in [-0.1, -0.05) is 24.3 Å². The van der Waals surface area contributed by atoms with Gasteiger partial charge in [0.15, 0.2) is 5.82 Å². The van der Waals surface area contributed by atoms with Crippen LogP contribution in [0.3, 0.4) is 0 Å². The summed E-state index contributed by atoms with van der Waals surface area (Å²) in [5.41, 5.74) is 4.05. The van der Waals surface area contributed by atoms with Crippen molar-refractivity contribution in [2.24, 2.45) is 0 Å². The van der Waals surface area contributed by atoms with E-state index in [0.29, 0.717) is 6.04 Å². The first-order valence-electron chi connectivity index (χ1n) is 12.8. The summed E-state index contributed by atoms with van der Waals surface area (Å²) >= 11 is 0. The van der Waals surface area contributed by atoms with Crippen LogP contribution in [0.25, 0.3) is 22.0 Å². The van der Waals surface area contributed by atoms with Crippen LogP contribution in [0.2, 0.25) is 0 Å². The van der Waals surface area contributed by atoms with Crippen molar-refractivity contribution in [2.45, 2.75) is 38.5 Å². The van der Waals surface area contributed by atoms with Crippen molar-refractivity contribution in [2.75, 3.05) is 32.6 Å². The number of nitrogens with one attached hydrogen (secondary N) is 1. The molecule has 208 valence electrons. The standard InChI is InChI=1S/C30H34N4O3.2ClH/c1-20(35)22-6-4-21(5-7-22)19-34-16-14-24(15-17-34)31-30-28-18-26(37-3)12-13-27(28)29(32-33-30)23-8-10-25(36-2)11-9-23;;/h4-13,18,20,24,35H,14-17,19H2,1-3H3,(H,31,33);2*1H. The number of fused-ring (bicyclic) bond motifs is 1. The molecule has 0 spiro atoms. The number of hydrogen-bond donors (Lipinski definition) is 2. The molecule has 5 rings (SSSR count). The molecule has 1 fully saturated rings. The number of benzene rings is 3. The minimum absolute atomic E-state index is 0. The number of aliphatic hydroxyl groups is 1. The van der Waals surface area contributed by atoms with E-state index in [4.69, 9.17) is 9.47 Å². The van der Waals surface area contributed by atoms with Crippen molar-refractivity contribution < 1.29 is 14.6 Å². The summed E-state index contributed by atoms with van der Waals surface area (Å²) in [5.74, 6) is 2.39. The van der Waals surface area contributed by atoms with Crippen LogP contribution >= 0.6 is 24.8 Å². The van der Waals surface area contributed by atoms with Crippen LogP contribution in [0.1, 0.15) is 37.0 Å². The van der Waals surface area contributed by atoms with Gasteiger partial charge in [0, 0.05) is 42.0 Å². The molecule has 7 nitrogen and oxygen atoms in total. The van der Waals surface area contributed by atoms with E-state index >= 15 is 0 Å². The minimum atomic E-state index is -0.430. The predicted molar refractivity (Wildman–Crippen MR) is 162 cm³/mol. The summed E-state index contributed by atoms with van der Waals surface area (Å²) in [4.78, 5) is 2.48. The van der Waals surface area contributed by atoms with Gasteiger partial charge in [-0.15, -0.1) is 35.0 Å². The fourth-order valence-electron chi connectivity index (χ4n) is 4.92. The Morgan fingerprint density at radius 2 is 1.51 bits per heavy atom. The van der Waals surface area contributed by atoms with Gasteiger partial charge in [0.05, 0.1) is 20.3 Å². The number of ether oxygens (including phenoxy) is 2. The van der Waals surface area contributed by atoms with E-state index in [9.17, 15) is 5.11 Å². The Labute approximate surface area is 242 Å². The lowest BCUT2D eigenvalue weighted by Gasteiger charge is -2.32. The topological polar surface area (TPSA) is 79.7 Å². The summed E-state index contributed by atoms with van der Waals surface area (Å²) in [6, 6.07) is 22.5. The van der Waals surface area contributed by atoms with Crippen LogP contribution in [-0.4, -0.2) is 53.6 Å². The second kappa shape index (κ2) is 13.8. The number of halogens is 2. The smallest absolute Gasteiger partial charge is 0.156 e. The van der Waals surface area contributed by atoms with Gasteiger partial charge in [-0.25, -0.2) is 0 Å². The van der Waals surface area contributed by atoms with Gasteiger partial charge in [0.2, 0.25) is 0 Å². The molecule has 1 atom stereocenters. The van der Waals surface area contributed by atoms with Gasteiger partial charge in [-0.3, -0.25) is 4.90 Å². The molecule has 0 saturated carbocycles. The van der Waals surface area contributed by atoms with Crippen molar-refractivity contribution in [1.82, 2.24) is 15.1 Å². The predicted octanol–water partition coefficient (Wildman–Crippen LogP) is 6.29. The van der Waals surface area contributed by atoms with Crippen molar-refractivity contribution in [3.63, 3.8) is 0 Å². The molecule has 2 N–H and O–H groups in total. The minimum Gasteiger partial charge on any atom is -0.497 e. The maximum absolute atomic E-state index is 9.74. The summed E-state index contributed by atoms with van der Waals surface area (Å²) in [6.45, 7) is 4.73. The van der Waals surface area contributed by atoms with E-state index < -0.39 is 6.10 Å². The van der Waals surface area contributed by atoms with E-state index in [2.05, 4.69) is 38.6 Å². The molecule has 3 aromatic carbocycles. The summed E-state index contributed by atoms with van der Waals surface area (Å²) < 4.78 is 10.8. The Hall–Kier alpha value is -3.10. The molecule has 0 amide bonds. The Kier molecular flexibility index (Phi) is 10.8. The highest BCUT2D eigenvalue weighted by Gasteiger charge is 2.21. The Morgan fingerprint density at radius 1 is 0.872 bits per heavy atom. The average molecular weight is 572 g/mol. The van der Waals surface area contributed by atoms with Crippen molar-refractivity contribution in [3.05, 3.63) is 77.9 Å². The van der Waals surface area contributed by atoms with E-state index in [1.807, 2.05) is 48.5 Å². The number of anilines is 1. The molecule has 0 aliphatic carbocycles. The molecule has 1 aliphatic rings. The zero-order valence-electron chi connectivity index (χ0n) is 22.5. The van der Waals surface area contributed by atoms with Gasteiger partial charge in [-0.2, -0.15) is 0 Å². The highest BCUT2D eigenvalue weighted by atomic mass is 35.5. The van der Waals surface area contributed by atoms with Gasteiger partial charge < -0.3 is 19.9 Å². The number of rotatable bonds is 8. The largest absolute Gasteiger partial charge is 0.497 e. The highest BCUT2D eigenvalue weighted by molar-refractivity contribution is 6.00. The zero-order valence-corrected chi connectivity index (χ0v) is 24.1. The van der Waals surface area contributed by atoms with Crippen LogP contribution in [0.15, 0.2) is 66.7 Å². The van der Waals surface area contributed by atoms with Crippen LogP contribution < -0.4 is 14.8 Å². The average Bonchev–Trinajstić information content (AvgIpc) is 2.94. The van der Waals surface area contributed by atoms with Crippen molar-refractivity contribution in [3.8, 4) is 22.8 Å². The third-order valence-corrected chi connectivity index (χ3v) is 7.15. The zero-order chi connectivity index (χ0) is 25.8. The van der Waals surface area contributed by atoms with E-state index in [-0.39, 0.29) is 24.8 Å². The maximum atomic E-state index is 9.74. The van der Waals surface area contributed by atoms with Crippen LogP contribution in [0, 0.1) is 0 Å². The molecule has 1 saturated heterocycles. The number of methoxy groups -OCH3 is 2. The molecule has 4 aromatic rings. The SMILES string of the molecule is COc1ccc(-c2nnc(NC3CCN(Cc4ccc(C(C)O)cc4)CC3)c3cc(OC)ccc23)cc1.Cl.Cl. The fourth-order valence-corrected chi connectivity index (χ4v) is 4.92. The number of aromatic nitrogens is 2. The lowest BCUT2D eigenvalue weighted by atomic mass is 10.0. The number of piperidine rings is 1. The molecule has 39 heavy (non-hydrogen) atoms. The molecule has 1 aromatic heterocycles. The number of hydrogen-bond acceptors (Lipinski definition) is 7. The van der Waals surface area contributed by atoms with E-state index in [1.54, 1.807) is 21.1 Å². The Balaban J connectivity index is 0.00000210. The van der Waals surface area contributed by atoms with Crippen molar-refractivity contribution >= 4 is 41.4 Å². The third kappa shape index (κ3) is 7.11. The molecule has 9 heteroatoms. The number of aliphatic hydroxyl groups excluding tert-OH is 1. The summed E-state index contributed by atoms with van der Waals surface area (Å²) in [7, 11) is 3.35. The Bertz CT molecular complexity index is 1340. The van der Waals surface area contributed by atoms with Crippen LogP contribution in [0.4, 0.5) is 5.82 Å². The first-order chi connectivity index (χ1) is 18.0. The fraction of sp³-hybridized carbons (Fsp3) is 0.333. The van der Waals surface area contributed by atoms with E-state index in [0.717, 1.165) is 77.4 Å². The monoisotopic (exact) mass is 570 g/mol. The van der Waals surface area contributed by atoms with Gasteiger partial charge in [-0.05, 0) is 73.4 Å². The van der Waals surface area contributed by atoms with Crippen LogP contribution in [-0.2, 0) is 6.54 Å². The maximum Gasteiger partial charge on any atom is 0.156 e. The highest BCUT2D eigenvalue weighted by Crippen LogP contribution is 2.34. The lowest BCUT2D eigenvalue weighted by molar-refractivity contribution is 0.199. The molecular weight excluding hydrogens is 535 g/mol. The second-order valence-electron chi connectivity index (χ2n) is 9.65. The quantitative estimate of drug-likeness (QED) is 0.258. The number of nitrogens with zero attached hydrogens (tertiary/aromatic N) is 3. The first-order valence-corrected chi connectivity index (χ1v) is 12.8. The molecule has 0 radical (unpaired) electrons. The first kappa shape index (κ1) is 30.4. The molecular formula is C30H36Cl2N4O3. The number of likely N-dealkylation sites (tertiary alicyclic amines) is 1. The molecule has 1 unspecified atom stereocenters. The third-order valence-electron chi connectivity index (χ3n) is 7.15. The van der Waals surface area contributed by atoms with Crippen LogP contribution in [0.5, 0.6) is 11.5 Å². The van der Waals surface area contributed by atoms with Gasteiger partial charge in [0.25, 0.3) is 0 Å². The van der Waals surface area contributed by atoms with Gasteiger partial charge in [0.1, 0.15) is 17.2 Å². The van der Waals surface area contributed by atoms with E-state index in [1.165, 1.54) is 5.56 Å². The summed E-state index contributed by atoms with van der Waals surface area (Å²) in [6.07, 6.45) is 1.62. The summed E-state index contributed by atoms with van der Waals surface area (Å²) in [5, 5.41) is 24.7. The Morgan fingerprint density at radius 3 is 2.13 bits per heavy atom. The molecule has 2 heterocycles. The molecule has 0 bridgehead atoms.